The molecule has 3 rings (SSSR count). The molecule has 2 atom stereocenters. The van der Waals surface area contributed by atoms with Crippen LogP contribution in [0.1, 0.15) is 5.56 Å². The highest BCUT2D eigenvalue weighted by atomic mass is 14.9. The van der Waals surface area contributed by atoms with E-state index in [0.29, 0.717) is 0 Å². The molecule has 0 saturated carbocycles. The SMILES string of the molecule is C1=C(c2cccnc2)C2CNCC12. The van der Waals surface area contributed by atoms with Crippen molar-refractivity contribution in [3.63, 3.8) is 0 Å². The molecule has 2 heteroatoms. The van der Waals surface area contributed by atoms with Crippen molar-refractivity contribution >= 4 is 5.57 Å². The van der Waals surface area contributed by atoms with E-state index in [-0.39, 0.29) is 0 Å². The smallest absolute Gasteiger partial charge is 0.0343 e. The molecule has 0 bridgehead atoms. The molecule has 0 amide bonds. The van der Waals surface area contributed by atoms with Crippen molar-refractivity contribution in [2.75, 3.05) is 13.1 Å². The highest BCUT2D eigenvalue weighted by Crippen LogP contribution is 2.41. The van der Waals surface area contributed by atoms with Gasteiger partial charge in [-0.3, -0.25) is 4.98 Å². The second-order valence-corrected chi connectivity index (χ2v) is 3.79. The number of hydrogen-bond acceptors (Lipinski definition) is 2. The van der Waals surface area contributed by atoms with Crippen LogP contribution in [0.15, 0.2) is 30.6 Å². The van der Waals surface area contributed by atoms with E-state index in [1.165, 1.54) is 11.1 Å². The Morgan fingerprint density at radius 2 is 2.38 bits per heavy atom. The number of fused-ring (bicyclic) bond motifs is 1. The molecular weight excluding hydrogens is 160 g/mol. The maximum Gasteiger partial charge on any atom is 0.0343 e. The zero-order chi connectivity index (χ0) is 8.67. The Labute approximate surface area is 77.7 Å². The lowest BCUT2D eigenvalue weighted by Gasteiger charge is -2.29. The van der Waals surface area contributed by atoms with Crippen LogP contribution < -0.4 is 5.32 Å². The predicted octanol–water partition coefficient (Wildman–Crippen LogP) is 1.31. The fourth-order valence-electron chi connectivity index (χ4n) is 2.29. The van der Waals surface area contributed by atoms with Crippen LogP contribution in [0, 0.1) is 11.8 Å². The highest BCUT2D eigenvalue weighted by molar-refractivity contribution is 5.73. The monoisotopic (exact) mass is 172 g/mol. The third kappa shape index (κ3) is 1.02. The predicted molar refractivity (Wildman–Crippen MR) is 52.1 cm³/mol. The summed E-state index contributed by atoms with van der Waals surface area (Å²) >= 11 is 0. The zero-order valence-electron chi connectivity index (χ0n) is 7.40. The van der Waals surface area contributed by atoms with E-state index in [9.17, 15) is 0 Å². The second-order valence-electron chi connectivity index (χ2n) is 3.79. The molecule has 13 heavy (non-hydrogen) atoms. The van der Waals surface area contributed by atoms with Crippen LogP contribution in [0.25, 0.3) is 5.57 Å². The summed E-state index contributed by atoms with van der Waals surface area (Å²) in [7, 11) is 0. The molecule has 1 aromatic rings. The fraction of sp³-hybridized carbons (Fsp3) is 0.364. The van der Waals surface area contributed by atoms with E-state index in [2.05, 4.69) is 22.4 Å². The third-order valence-electron chi connectivity index (χ3n) is 3.05. The molecule has 66 valence electrons. The van der Waals surface area contributed by atoms with Gasteiger partial charge in [-0.1, -0.05) is 12.1 Å². The molecule has 0 radical (unpaired) electrons. The molecule has 0 spiro atoms. The average Bonchev–Trinajstić information content (AvgIpc) is 2.50. The number of pyridine rings is 1. The Bertz CT molecular complexity index is 342. The van der Waals surface area contributed by atoms with Crippen molar-refractivity contribution < 1.29 is 0 Å². The molecule has 1 saturated heterocycles. The molecule has 1 fully saturated rings. The first-order valence-corrected chi connectivity index (χ1v) is 4.78. The first-order valence-electron chi connectivity index (χ1n) is 4.78. The zero-order valence-corrected chi connectivity index (χ0v) is 7.40. The molecule has 2 heterocycles. The summed E-state index contributed by atoms with van der Waals surface area (Å²) in [5.41, 5.74) is 2.79. The van der Waals surface area contributed by atoms with Crippen molar-refractivity contribution in [1.82, 2.24) is 10.3 Å². The molecular formula is C11H12N2. The van der Waals surface area contributed by atoms with Crippen molar-refractivity contribution in [3.05, 3.63) is 36.2 Å². The van der Waals surface area contributed by atoms with Crippen LogP contribution in [0.2, 0.25) is 0 Å². The summed E-state index contributed by atoms with van der Waals surface area (Å²) in [6, 6.07) is 4.15. The molecule has 1 N–H and O–H groups in total. The Morgan fingerprint density at radius 1 is 1.38 bits per heavy atom. The van der Waals surface area contributed by atoms with Crippen LogP contribution in [-0.4, -0.2) is 18.1 Å². The summed E-state index contributed by atoms with van der Waals surface area (Å²) < 4.78 is 0. The van der Waals surface area contributed by atoms with Crippen molar-refractivity contribution in [2.45, 2.75) is 0 Å². The molecule has 2 unspecified atom stereocenters. The maximum absolute atomic E-state index is 4.14. The van der Waals surface area contributed by atoms with Gasteiger partial charge in [0.15, 0.2) is 0 Å². The van der Waals surface area contributed by atoms with Gasteiger partial charge in [-0.15, -0.1) is 0 Å². The summed E-state index contributed by atoms with van der Waals surface area (Å²) in [5, 5.41) is 3.41. The number of nitrogens with one attached hydrogen (secondary N) is 1. The summed E-state index contributed by atoms with van der Waals surface area (Å²) in [4.78, 5) is 4.14. The maximum atomic E-state index is 4.14. The lowest BCUT2D eigenvalue weighted by Crippen LogP contribution is -2.21. The Balaban J connectivity index is 1.93. The van der Waals surface area contributed by atoms with Gasteiger partial charge in [0.25, 0.3) is 0 Å². The van der Waals surface area contributed by atoms with Crippen molar-refractivity contribution in [3.8, 4) is 0 Å². The van der Waals surface area contributed by atoms with Gasteiger partial charge in [0.05, 0.1) is 0 Å². The van der Waals surface area contributed by atoms with E-state index in [4.69, 9.17) is 0 Å². The van der Waals surface area contributed by atoms with Gasteiger partial charge in [-0.2, -0.15) is 0 Å². The van der Waals surface area contributed by atoms with Crippen molar-refractivity contribution in [1.29, 1.82) is 0 Å². The largest absolute Gasteiger partial charge is 0.315 e. The van der Waals surface area contributed by atoms with Gasteiger partial charge < -0.3 is 5.32 Å². The van der Waals surface area contributed by atoms with Gasteiger partial charge in [-0.05, 0) is 23.1 Å². The van der Waals surface area contributed by atoms with Crippen LogP contribution in [0.3, 0.4) is 0 Å². The number of nitrogens with zero attached hydrogens (tertiary/aromatic N) is 1. The normalized spacial score (nSPS) is 30.6. The third-order valence-corrected chi connectivity index (χ3v) is 3.05. The van der Waals surface area contributed by atoms with Gasteiger partial charge in [0, 0.05) is 31.4 Å². The minimum atomic E-state index is 0.754. The molecule has 1 aliphatic heterocycles. The Morgan fingerprint density at radius 3 is 3.15 bits per heavy atom. The van der Waals surface area contributed by atoms with Gasteiger partial charge in [0.1, 0.15) is 0 Å². The minimum absolute atomic E-state index is 0.754. The quantitative estimate of drug-likeness (QED) is 0.691. The average molecular weight is 172 g/mol. The van der Waals surface area contributed by atoms with Crippen LogP contribution in [0.5, 0.6) is 0 Å². The molecule has 1 aliphatic carbocycles. The van der Waals surface area contributed by atoms with Gasteiger partial charge >= 0.3 is 0 Å². The second kappa shape index (κ2) is 2.67. The van der Waals surface area contributed by atoms with Crippen LogP contribution in [-0.2, 0) is 0 Å². The Hall–Kier alpha value is -1.15. The summed E-state index contributed by atoms with van der Waals surface area (Å²) in [6.45, 7) is 2.31. The summed E-state index contributed by atoms with van der Waals surface area (Å²) in [6.07, 6.45) is 6.16. The standard InChI is InChI=1S/C11H12N2/c1-2-8(5-12-3-1)10-4-9-6-13-7-11(9)10/h1-5,9,11,13H,6-7H2. The van der Waals surface area contributed by atoms with Crippen LogP contribution in [0.4, 0.5) is 0 Å². The lowest BCUT2D eigenvalue weighted by molar-refractivity contribution is 0.564. The first kappa shape index (κ1) is 7.27. The van der Waals surface area contributed by atoms with E-state index < -0.39 is 0 Å². The number of hydrogen-bond donors (Lipinski definition) is 1. The highest BCUT2D eigenvalue weighted by Gasteiger charge is 2.36. The van der Waals surface area contributed by atoms with E-state index in [0.717, 1.165) is 24.9 Å². The minimum Gasteiger partial charge on any atom is -0.315 e. The van der Waals surface area contributed by atoms with Gasteiger partial charge in [-0.25, -0.2) is 0 Å². The number of aromatic nitrogens is 1. The Kier molecular flexibility index (Phi) is 1.49. The molecule has 1 aromatic heterocycles. The molecule has 0 aromatic carbocycles. The van der Waals surface area contributed by atoms with Crippen molar-refractivity contribution in [2.24, 2.45) is 11.8 Å². The van der Waals surface area contributed by atoms with Gasteiger partial charge in [0.2, 0.25) is 0 Å². The van der Waals surface area contributed by atoms with E-state index >= 15 is 0 Å². The van der Waals surface area contributed by atoms with Crippen LogP contribution >= 0.6 is 0 Å². The lowest BCUT2D eigenvalue weighted by atomic mass is 9.74. The topological polar surface area (TPSA) is 24.9 Å². The van der Waals surface area contributed by atoms with E-state index in [1.54, 1.807) is 0 Å². The molecule has 2 aliphatic rings. The fourth-order valence-corrected chi connectivity index (χ4v) is 2.29. The molecule has 2 nitrogen and oxygen atoms in total. The first-order chi connectivity index (χ1) is 6.45. The number of rotatable bonds is 1. The van der Waals surface area contributed by atoms with E-state index in [1.807, 2.05) is 18.5 Å². The summed E-state index contributed by atoms with van der Waals surface area (Å²) in [5.74, 6) is 1.54.